The molecule has 1 aliphatic heterocycles. The Morgan fingerprint density at radius 2 is 2.09 bits per heavy atom. The molecular weight excluding hydrogens is 284 g/mol. The molecule has 3 nitrogen and oxygen atoms in total. The molecule has 1 aromatic rings. The predicted molar refractivity (Wildman–Crippen MR) is 85.4 cm³/mol. The van der Waals surface area contributed by atoms with E-state index in [0.717, 1.165) is 29.8 Å². The van der Waals surface area contributed by atoms with Crippen LogP contribution in [0.1, 0.15) is 25.8 Å². The molecular formula is C17H23F2N3. The number of nitrogens with zero attached hydrogens (tertiary/aromatic N) is 3. The summed E-state index contributed by atoms with van der Waals surface area (Å²) in [6.45, 7) is 4.50. The van der Waals surface area contributed by atoms with Gasteiger partial charge >= 0.3 is 0 Å². The molecule has 0 fully saturated rings. The summed E-state index contributed by atoms with van der Waals surface area (Å²) >= 11 is 0. The van der Waals surface area contributed by atoms with Gasteiger partial charge in [0, 0.05) is 38.1 Å². The molecule has 1 aliphatic rings. The monoisotopic (exact) mass is 307 g/mol. The number of halogens is 2. The lowest BCUT2D eigenvalue weighted by molar-refractivity contribution is 0.189. The second-order valence-corrected chi connectivity index (χ2v) is 5.92. The SMILES string of the molecule is C/C(=C\C1=C(/C=C/c2cnn(C)c2)[C@@H](C)CCN1C)C(F)F. The molecule has 0 aromatic carbocycles. The number of rotatable bonds is 4. The zero-order chi connectivity index (χ0) is 16.3. The Bertz CT molecular complexity index is 611. The van der Waals surface area contributed by atoms with Gasteiger partial charge in [-0.3, -0.25) is 4.68 Å². The molecule has 0 radical (unpaired) electrons. The van der Waals surface area contributed by atoms with Crippen LogP contribution in [0.4, 0.5) is 8.78 Å². The highest BCUT2D eigenvalue weighted by Crippen LogP contribution is 2.30. The molecule has 0 N–H and O–H groups in total. The highest BCUT2D eigenvalue weighted by molar-refractivity contribution is 5.53. The molecule has 0 bridgehead atoms. The standard InChI is InChI=1S/C17H23F2N3/c1-12-7-8-21(3)16(9-13(2)17(18)19)15(12)6-5-14-10-20-22(4)11-14/h5-6,9-12,17H,7-8H2,1-4H3/b6-5+,13-9+/t12-/m0/s1. The van der Waals surface area contributed by atoms with E-state index >= 15 is 0 Å². The fraction of sp³-hybridized carbons (Fsp3) is 0.471. The van der Waals surface area contributed by atoms with Crippen molar-refractivity contribution in [3.05, 3.63) is 47.0 Å². The van der Waals surface area contributed by atoms with Gasteiger partial charge in [-0.2, -0.15) is 5.10 Å². The van der Waals surface area contributed by atoms with Crippen LogP contribution in [0.25, 0.3) is 6.08 Å². The van der Waals surface area contributed by atoms with E-state index in [4.69, 9.17) is 0 Å². The zero-order valence-corrected chi connectivity index (χ0v) is 13.6. The van der Waals surface area contributed by atoms with Crippen molar-refractivity contribution in [2.45, 2.75) is 26.7 Å². The average molecular weight is 307 g/mol. The maximum absolute atomic E-state index is 12.8. The Kier molecular flexibility index (Phi) is 5.16. The Hall–Kier alpha value is -1.91. The highest BCUT2D eigenvalue weighted by atomic mass is 19.3. The van der Waals surface area contributed by atoms with Crippen molar-refractivity contribution in [2.24, 2.45) is 13.0 Å². The Balaban J connectivity index is 2.39. The maximum atomic E-state index is 12.8. The lowest BCUT2D eigenvalue weighted by Gasteiger charge is -2.32. The van der Waals surface area contributed by atoms with Crippen LogP contribution in [0.2, 0.25) is 0 Å². The summed E-state index contributed by atoms with van der Waals surface area (Å²) in [6.07, 6.45) is 7.95. The number of aromatic nitrogens is 2. The van der Waals surface area contributed by atoms with E-state index in [-0.39, 0.29) is 5.57 Å². The molecule has 0 saturated carbocycles. The molecule has 2 heterocycles. The average Bonchev–Trinajstić information content (AvgIpc) is 2.87. The van der Waals surface area contributed by atoms with Crippen molar-refractivity contribution in [3.8, 4) is 0 Å². The normalized spacial score (nSPS) is 20.6. The summed E-state index contributed by atoms with van der Waals surface area (Å²) < 4.78 is 27.4. The first-order chi connectivity index (χ1) is 10.4. The Morgan fingerprint density at radius 1 is 1.36 bits per heavy atom. The first kappa shape index (κ1) is 16.5. The minimum Gasteiger partial charge on any atom is -0.374 e. The van der Waals surface area contributed by atoms with Gasteiger partial charge in [0.25, 0.3) is 6.43 Å². The zero-order valence-electron chi connectivity index (χ0n) is 13.6. The molecule has 1 aromatic heterocycles. The topological polar surface area (TPSA) is 21.1 Å². The molecule has 1 atom stereocenters. The van der Waals surface area contributed by atoms with Gasteiger partial charge in [0.2, 0.25) is 0 Å². The van der Waals surface area contributed by atoms with Crippen LogP contribution in [-0.4, -0.2) is 34.7 Å². The van der Waals surface area contributed by atoms with Crippen LogP contribution in [0.15, 0.2) is 41.4 Å². The van der Waals surface area contributed by atoms with E-state index in [9.17, 15) is 8.78 Å². The maximum Gasteiger partial charge on any atom is 0.260 e. The fourth-order valence-corrected chi connectivity index (χ4v) is 2.57. The largest absolute Gasteiger partial charge is 0.374 e. The summed E-state index contributed by atoms with van der Waals surface area (Å²) in [4.78, 5) is 2.05. The number of hydrogen-bond acceptors (Lipinski definition) is 2. The van der Waals surface area contributed by atoms with E-state index in [1.807, 2.05) is 32.4 Å². The quantitative estimate of drug-likeness (QED) is 0.842. The molecule has 0 unspecified atom stereocenters. The van der Waals surface area contributed by atoms with E-state index in [1.165, 1.54) is 6.92 Å². The van der Waals surface area contributed by atoms with Crippen molar-refractivity contribution in [2.75, 3.05) is 13.6 Å². The van der Waals surface area contributed by atoms with Gasteiger partial charge in [-0.1, -0.05) is 19.1 Å². The van der Waals surface area contributed by atoms with Crippen LogP contribution >= 0.6 is 0 Å². The molecule has 0 spiro atoms. The molecule has 2 rings (SSSR count). The number of hydrogen-bond donors (Lipinski definition) is 0. The summed E-state index contributed by atoms with van der Waals surface area (Å²) in [6, 6.07) is 0. The summed E-state index contributed by atoms with van der Waals surface area (Å²) in [5.74, 6) is 0.348. The van der Waals surface area contributed by atoms with Crippen LogP contribution in [0.5, 0.6) is 0 Å². The highest BCUT2D eigenvalue weighted by Gasteiger charge is 2.21. The summed E-state index contributed by atoms with van der Waals surface area (Å²) in [5, 5.41) is 4.13. The van der Waals surface area contributed by atoms with Gasteiger partial charge in [-0.25, -0.2) is 8.78 Å². The van der Waals surface area contributed by atoms with Crippen LogP contribution in [-0.2, 0) is 7.05 Å². The second kappa shape index (κ2) is 6.90. The van der Waals surface area contributed by atoms with Crippen molar-refractivity contribution in [3.63, 3.8) is 0 Å². The van der Waals surface area contributed by atoms with Crippen molar-refractivity contribution in [1.29, 1.82) is 0 Å². The number of alkyl halides is 2. The first-order valence-corrected chi connectivity index (χ1v) is 7.47. The lowest BCUT2D eigenvalue weighted by Crippen LogP contribution is -2.27. The minimum absolute atomic E-state index is 0.100. The molecule has 0 saturated heterocycles. The molecule has 5 heteroatoms. The van der Waals surface area contributed by atoms with Gasteiger partial charge in [-0.15, -0.1) is 0 Å². The molecule has 22 heavy (non-hydrogen) atoms. The second-order valence-electron chi connectivity index (χ2n) is 5.92. The van der Waals surface area contributed by atoms with Crippen molar-refractivity contribution >= 4 is 6.08 Å². The third kappa shape index (κ3) is 3.84. The van der Waals surface area contributed by atoms with Crippen LogP contribution < -0.4 is 0 Å². The summed E-state index contributed by atoms with van der Waals surface area (Å²) in [5.41, 5.74) is 3.09. The van der Waals surface area contributed by atoms with Gasteiger partial charge < -0.3 is 4.90 Å². The van der Waals surface area contributed by atoms with E-state index in [1.54, 1.807) is 17.0 Å². The van der Waals surface area contributed by atoms with Gasteiger partial charge in [0.1, 0.15) is 0 Å². The molecule has 120 valence electrons. The number of aryl methyl sites for hydroxylation is 1. The smallest absolute Gasteiger partial charge is 0.260 e. The van der Waals surface area contributed by atoms with Crippen LogP contribution in [0.3, 0.4) is 0 Å². The lowest BCUT2D eigenvalue weighted by atomic mass is 9.90. The van der Waals surface area contributed by atoms with E-state index in [2.05, 4.69) is 16.9 Å². The Morgan fingerprint density at radius 3 is 2.68 bits per heavy atom. The third-order valence-corrected chi connectivity index (χ3v) is 4.02. The fourth-order valence-electron chi connectivity index (χ4n) is 2.57. The van der Waals surface area contributed by atoms with Crippen molar-refractivity contribution in [1.82, 2.24) is 14.7 Å². The van der Waals surface area contributed by atoms with Gasteiger partial charge in [0.15, 0.2) is 0 Å². The van der Waals surface area contributed by atoms with Crippen LogP contribution in [0, 0.1) is 5.92 Å². The number of allylic oxidation sites excluding steroid dienone is 4. The minimum atomic E-state index is -2.42. The number of likely N-dealkylation sites (N-methyl/N-ethyl adjacent to an activating group) is 1. The molecule has 0 amide bonds. The predicted octanol–water partition coefficient (Wildman–Crippen LogP) is 3.87. The van der Waals surface area contributed by atoms with E-state index < -0.39 is 6.43 Å². The Labute approximate surface area is 130 Å². The molecule has 0 aliphatic carbocycles. The van der Waals surface area contributed by atoms with Gasteiger partial charge in [-0.05, 0) is 36.5 Å². The first-order valence-electron chi connectivity index (χ1n) is 7.47. The van der Waals surface area contributed by atoms with Crippen molar-refractivity contribution < 1.29 is 8.78 Å². The van der Waals surface area contributed by atoms with Gasteiger partial charge in [0.05, 0.1) is 6.20 Å². The van der Waals surface area contributed by atoms with E-state index in [0.29, 0.717) is 5.92 Å². The summed E-state index contributed by atoms with van der Waals surface area (Å²) in [7, 11) is 3.82. The third-order valence-electron chi connectivity index (χ3n) is 4.02.